The van der Waals surface area contributed by atoms with Gasteiger partial charge in [-0.1, -0.05) is 23.7 Å². The highest BCUT2D eigenvalue weighted by molar-refractivity contribution is 6.33. The topological polar surface area (TPSA) is 69.6 Å². The Labute approximate surface area is 135 Å². The fraction of sp³-hybridized carbons (Fsp3) is 0.500. The average molecular weight is 325 g/mol. The Morgan fingerprint density at radius 3 is 2.86 bits per heavy atom. The molecule has 0 bridgehead atoms. The van der Waals surface area contributed by atoms with Gasteiger partial charge >= 0.3 is 0 Å². The van der Waals surface area contributed by atoms with Crippen LogP contribution in [0.1, 0.15) is 36.5 Å². The van der Waals surface area contributed by atoms with Crippen LogP contribution < -0.4 is 5.32 Å². The first-order chi connectivity index (χ1) is 10.5. The third-order valence-corrected chi connectivity index (χ3v) is 4.16. The van der Waals surface area contributed by atoms with Crippen molar-refractivity contribution in [1.29, 1.82) is 0 Å². The number of carbonyl (C=O) groups excluding carboxylic acids is 2. The van der Waals surface area contributed by atoms with E-state index in [0.29, 0.717) is 23.6 Å². The number of hydrogen-bond donors (Lipinski definition) is 2. The number of nitrogens with zero attached hydrogens (tertiary/aromatic N) is 1. The summed E-state index contributed by atoms with van der Waals surface area (Å²) < 4.78 is 0. The Morgan fingerprint density at radius 2 is 2.18 bits per heavy atom. The molecule has 0 radical (unpaired) electrons. The molecule has 6 heteroatoms. The zero-order valence-electron chi connectivity index (χ0n) is 12.6. The molecule has 0 spiro atoms. The Bertz CT molecular complexity index is 548. The van der Waals surface area contributed by atoms with E-state index in [9.17, 15) is 14.7 Å². The molecule has 1 aliphatic heterocycles. The molecule has 5 nitrogen and oxygen atoms in total. The van der Waals surface area contributed by atoms with Gasteiger partial charge in [-0.05, 0) is 38.3 Å². The molecule has 2 amide bonds. The Hall–Kier alpha value is -1.59. The maximum atomic E-state index is 12.3. The van der Waals surface area contributed by atoms with Crippen LogP contribution in [0, 0.1) is 0 Å². The van der Waals surface area contributed by atoms with Crippen LogP contribution in [0.4, 0.5) is 0 Å². The minimum atomic E-state index is -0.434. The first-order valence-corrected chi connectivity index (χ1v) is 7.87. The number of nitrogens with one attached hydrogen (secondary N) is 1. The van der Waals surface area contributed by atoms with Crippen LogP contribution >= 0.6 is 11.6 Å². The lowest BCUT2D eigenvalue weighted by Crippen LogP contribution is -2.43. The van der Waals surface area contributed by atoms with Gasteiger partial charge in [-0.15, -0.1) is 0 Å². The van der Waals surface area contributed by atoms with Crippen molar-refractivity contribution >= 4 is 23.4 Å². The molecule has 0 aliphatic carbocycles. The second kappa shape index (κ2) is 7.61. The second-order valence-corrected chi connectivity index (χ2v) is 6.04. The van der Waals surface area contributed by atoms with Crippen molar-refractivity contribution in [2.24, 2.45) is 0 Å². The van der Waals surface area contributed by atoms with E-state index in [1.54, 1.807) is 36.1 Å². The minimum Gasteiger partial charge on any atom is -0.393 e. The van der Waals surface area contributed by atoms with Gasteiger partial charge in [-0.3, -0.25) is 9.59 Å². The van der Waals surface area contributed by atoms with Crippen LogP contribution in [0.5, 0.6) is 0 Å². The van der Waals surface area contributed by atoms with Gasteiger partial charge < -0.3 is 15.3 Å². The lowest BCUT2D eigenvalue weighted by Gasteiger charge is -2.25. The molecule has 120 valence electrons. The van der Waals surface area contributed by atoms with Crippen LogP contribution in [0.2, 0.25) is 5.02 Å². The molecule has 0 aromatic heterocycles. The third-order valence-electron chi connectivity index (χ3n) is 3.83. The summed E-state index contributed by atoms with van der Waals surface area (Å²) in [6.45, 7) is 2.35. The monoisotopic (exact) mass is 324 g/mol. The summed E-state index contributed by atoms with van der Waals surface area (Å²) in [5.41, 5.74) is 0.360. The van der Waals surface area contributed by atoms with E-state index in [0.717, 1.165) is 12.8 Å². The van der Waals surface area contributed by atoms with E-state index in [1.807, 2.05) is 0 Å². The molecule has 1 fully saturated rings. The maximum Gasteiger partial charge on any atom is 0.253 e. The summed E-state index contributed by atoms with van der Waals surface area (Å²) in [6.07, 6.45) is 1.97. The van der Waals surface area contributed by atoms with Gasteiger partial charge in [0, 0.05) is 12.6 Å². The van der Waals surface area contributed by atoms with E-state index >= 15 is 0 Å². The van der Waals surface area contributed by atoms with Crippen LogP contribution in [0.25, 0.3) is 0 Å². The summed E-state index contributed by atoms with van der Waals surface area (Å²) in [5, 5.41) is 12.5. The molecule has 0 unspecified atom stereocenters. The molecule has 2 atom stereocenters. The summed E-state index contributed by atoms with van der Waals surface area (Å²) in [5.74, 6) is -0.478. The van der Waals surface area contributed by atoms with E-state index < -0.39 is 6.10 Å². The number of halogens is 1. The SMILES string of the molecule is C[C@@H](O)C[C@H]1CCCN1C(=O)CNC(=O)c1ccccc1Cl. The number of aliphatic hydroxyl groups is 1. The molecule has 0 saturated carbocycles. The molecular weight excluding hydrogens is 304 g/mol. The zero-order chi connectivity index (χ0) is 16.1. The summed E-state index contributed by atoms with van der Waals surface area (Å²) in [7, 11) is 0. The predicted octanol–water partition coefficient (Wildman–Crippen LogP) is 1.83. The summed E-state index contributed by atoms with van der Waals surface area (Å²) in [6, 6.07) is 6.78. The fourth-order valence-electron chi connectivity index (χ4n) is 2.80. The number of carbonyl (C=O) groups is 2. The molecule has 2 N–H and O–H groups in total. The van der Waals surface area contributed by atoms with Crippen LogP contribution in [-0.4, -0.2) is 47.1 Å². The minimum absolute atomic E-state index is 0.0552. The van der Waals surface area contributed by atoms with Crippen LogP contribution in [0.3, 0.4) is 0 Å². The van der Waals surface area contributed by atoms with Gasteiger partial charge in [-0.2, -0.15) is 0 Å². The number of aliphatic hydroxyl groups excluding tert-OH is 1. The van der Waals surface area contributed by atoms with Crippen molar-refractivity contribution in [2.45, 2.75) is 38.3 Å². The van der Waals surface area contributed by atoms with Crippen molar-refractivity contribution in [3.8, 4) is 0 Å². The Morgan fingerprint density at radius 1 is 1.45 bits per heavy atom. The molecule has 2 rings (SSSR count). The molecule has 1 heterocycles. The highest BCUT2D eigenvalue weighted by Gasteiger charge is 2.29. The van der Waals surface area contributed by atoms with Crippen molar-refractivity contribution in [1.82, 2.24) is 10.2 Å². The largest absolute Gasteiger partial charge is 0.393 e. The lowest BCUT2D eigenvalue weighted by molar-refractivity contribution is -0.131. The molecule has 1 aromatic carbocycles. The van der Waals surface area contributed by atoms with E-state index in [-0.39, 0.29) is 24.4 Å². The van der Waals surface area contributed by atoms with Gasteiger partial charge in [0.15, 0.2) is 0 Å². The summed E-state index contributed by atoms with van der Waals surface area (Å²) >= 11 is 5.96. The van der Waals surface area contributed by atoms with E-state index in [2.05, 4.69) is 5.32 Å². The highest BCUT2D eigenvalue weighted by atomic mass is 35.5. The zero-order valence-corrected chi connectivity index (χ0v) is 13.3. The van der Waals surface area contributed by atoms with Crippen LogP contribution in [-0.2, 0) is 4.79 Å². The number of hydrogen-bond acceptors (Lipinski definition) is 3. The van der Waals surface area contributed by atoms with Gasteiger partial charge in [0.2, 0.25) is 5.91 Å². The van der Waals surface area contributed by atoms with Gasteiger partial charge in [0.1, 0.15) is 0 Å². The number of benzene rings is 1. The molecular formula is C16H21ClN2O3. The van der Waals surface area contributed by atoms with Crippen LogP contribution in [0.15, 0.2) is 24.3 Å². The van der Waals surface area contributed by atoms with Crippen molar-refractivity contribution in [3.63, 3.8) is 0 Å². The number of likely N-dealkylation sites (tertiary alicyclic amines) is 1. The molecule has 22 heavy (non-hydrogen) atoms. The molecule has 1 saturated heterocycles. The smallest absolute Gasteiger partial charge is 0.253 e. The molecule has 1 aliphatic rings. The third kappa shape index (κ3) is 4.21. The summed E-state index contributed by atoms with van der Waals surface area (Å²) in [4.78, 5) is 26.0. The first-order valence-electron chi connectivity index (χ1n) is 7.49. The fourth-order valence-corrected chi connectivity index (χ4v) is 3.02. The first kappa shape index (κ1) is 16.8. The second-order valence-electron chi connectivity index (χ2n) is 5.63. The Kier molecular flexibility index (Phi) is 5.80. The Balaban J connectivity index is 1.90. The number of rotatable bonds is 5. The highest BCUT2D eigenvalue weighted by Crippen LogP contribution is 2.21. The normalized spacial score (nSPS) is 19.0. The van der Waals surface area contributed by atoms with Crippen molar-refractivity contribution in [2.75, 3.05) is 13.1 Å². The van der Waals surface area contributed by atoms with E-state index in [4.69, 9.17) is 11.6 Å². The van der Waals surface area contributed by atoms with Crippen molar-refractivity contribution < 1.29 is 14.7 Å². The average Bonchev–Trinajstić information content (AvgIpc) is 2.92. The standard InChI is InChI=1S/C16H21ClN2O3/c1-11(20)9-12-5-4-8-19(12)15(21)10-18-16(22)13-6-2-3-7-14(13)17/h2-3,6-7,11-12,20H,4-5,8-10H2,1H3,(H,18,22)/t11-,12-/m1/s1. The maximum absolute atomic E-state index is 12.3. The van der Waals surface area contributed by atoms with Gasteiger partial charge in [0.25, 0.3) is 5.91 Å². The van der Waals surface area contributed by atoms with Crippen molar-refractivity contribution in [3.05, 3.63) is 34.9 Å². The predicted molar refractivity (Wildman–Crippen MR) is 84.8 cm³/mol. The quantitative estimate of drug-likeness (QED) is 0.868. The van der Waals surface area contributed by atoms with E-state index in [1.165, 1.54) is 0 Å². The molecule has 1 aromatic rings. The van der Waals surface area contributed by atoms with Gasteiger partial charge in [0.05, 0.1) is 23.2 Å². The van der Waals surface area contributed by atoms with Gasteiger partial charge in [-0.25, -0.2) is 0 Å². The number of amides is 2. The lowest BCUT2D eigenvalue weighted by atomic mass is 10.1.